The van der Waals surface area contributed by atoms with Crippen LogP contribution < -0.4 is 5.32 Å². The summed E-state index contributed by atoms with van der Waals surface area (Å²) in [6.45, 7) is 3.36. The monoisotopic (exact) mass is 347 g/mol. The third-order valence-electron chi connectivity index (χ3n) is 4.96. The summed E-state index contributed by atoms with van der Waals surface area (Å²) in [7, 11) is 0. The Morgan fingerprint density at radius 1 is 1.42 bits per heavy atom. The van der Waals surface area contributed by atoms with Crippen LogP contribution in [0.3, 0.4) is 0 Å². The van der Waals surface area contributed by atoms with E-state index in [2.05, 4.69) is 32.9 Å². The Morgan fingerprint density at radius 2 is 2.38 bits per heavy atom. The van der Waals surface area contributed by atoms with Crippen LogP contribution in [0.5, 0.6) is 0 Å². The van der Waals surface area contributed by atoms with E-state index in [1.165, 1.54) is 11.1 Å². The lowest BCUT2D eigenvalue weighted by Crippen LogP contribution is -2.50. The van der Waals surface area contributed by atoms with Crippen molar-refractivity contribution in [2.45, 2.75) is 31.5 Å². The number of rotatable bonds is 5. The van der Waals surface area contributed by atoms with Crippen molar-refractivity contribution in [3.63, 3.8) is 0 Å². The van der Waals surface area contributed by atoms with Crippen molar-refractivity contribution in [2.75, 3.05) is 19.7 Å². The van der Waals surface area contributed by atoms with Gasteiger partial charge in [-0.3, -0.25) is 9.69 Å². The molecule has 0 aromatic carbocycles. The second-order valence-electron chi connectivity index (χ2n) is 6.38. The van der Waals surface area contributed by atoms with E-state index < -0.39 is 0 Å². The first-order valence-corrected chi connectivity index (χ1v) is 9.26. The SMILES string of the molecule is O=C(NC[C@H]1CC[C@@H]2[C@@H]1OCCN2Cc1cccs1)c1ccno1. The van der Waals surface area contributed by atoms with Crippen molar-refractivity contribution in [3.05, 3.63) is 40.4 Å². The highest BCUT2D eigenvalue weighted by Gasteiger charge is 2.42. The minimum Gasteiger partial charge on any atom is -0.375 e. The summed E-state index contributed by atoms with van der Waals surface area (Å²) in [4.78, 5) is 15.9. The van der Waals surface area contributed by atoms with Crippen molar-refractivity contribution in [3.8, 4) is 0 Å². The van der Waals surface area contributed by atoms with Gasteiger partial charge in [0, 0.05) is 42.5 Å². The van der Waals surface area contributed by atoms with Crippen molar-refractivity contribution in [1.29, 1.82) is 0 Å². The number of thiophene rings is 1. The van der Waals surface area contributed by atoms with Gasteiger partial charge in [-0.05, 0) is 24.3 Å². The largest absolute Gasteiger partial charge is 0.375 e. The molecule has 1 N–H and O–H groups in total. The zero-order valence-electron chi connectivity index (χ0n) is 13.4. The molecule has 2 aromatic heterocycles. The molecule has 2 aromatic rings. The Bertz CT molecular complexity index is 659. The predicted octanol–water partition coefficient (Wildman–Crippen LogP) is 2.15. The van der Waals surface area contributed by atoms with Gasteiger partial charge in [-0.15, -0.1) is 11.3 Å². The standard InChI is InChI=1S/C17H21N3O3S/c21-17(15-5-6-19-23-15)18-10-12-3-4-14-16(12)22-8-7-20(14)11-13-2-1-9-24-13/h1-2,5-6,9,12,14,16H,3-4,7-8,10-11H2,(H,18,21)/t12-,14-,16-/m1/s1. The molecule has 1 saturated heterocycles. The number of fused-ring (bicyclic) bond motifs is 1. The lowest BCUT2D eigenvalue weighted by atomic mass is 10.0. The molecule has 0 unspecified atom stereocenters. The maximum atomic E-state index is 12.0. The molecular formula is C17H21N3O3S. The average molecular weight is 347 g/mol. The van der Waals surface area contributed by atoms with Gasteiger partial charge in [0.25, 0.3) is 5.91 Å². The number of carbonyl (C=O) groups is 1. The highest BCUT2D eigenvalue weighted by atomic mass is 32.1. The Morgan fingerprint density at radius 3 is 3.17 bits per heavy atom. The zero-order valence-corrected chi connectivity index (χ0v) is 14.2. The Kier molecular flexibility index (Phi) is 4.64. The first kappa shape index (κ1) is 15.8. The van der Waals surface area contributed by atoms with Crippen LogP contribution in [-0.2, 0) is 11.3 Å². The number of amides is 1. The number of morpholine rings is 1. The minimum absolute atomic E-state index is 0.203. The summed E-state index contributed by atoms with van der Waals surface area (Å²) in [5.41, 5.74) is 0. The lowest BCUT2D eigenvalue weighted by molar-refractivity contribution is -0.0754. The van der Waals surface area contributed by atoms with Gasteiger partial charge in [0.05, 0.1) is 18.9 Å². The van der Waals surface area contributed by atoms with E-state index >= 15 is 0 Å². The van der Waals surface area contributed by atoms with Gasteiger partial charge in [-0.2, -0.15) is 0 Å². The van der Waals surface area contributed by atoms with E-state index in [-0.39, 0.29) is 17.8 Å². The maximum absolute atomic E-state index is 12.0. The molecule has 2 aliphatic rings. The van der Waals surface area contributed by atoms with E-state index in [9.17, 15) is 4.79 Å². The van der Waals surface area contributed by atoms with Crippen LogP contribution in [0, 0.1) is 5.92 Å². The topological polar surface area (TPSA) is 67.6 Å². The molecule has 6 nitrogen and oxygen atoms in total. The van der Waals surface area contributed by atoms with E-state index in [1.54, 1.807) is 6.07 Å². The summed E-state index contributed by atoms with van der Waals surface area (Å²) in [5.74, 6) is 0.406. The maximum Gasteiger partial charge on any atom is 0.289 e. The summed E-state index contributed by atoms with van der Waals surface area (Å²) < 4.78 is 11.0. The first-order chi connectivity index (χ1) is 11.8. The molecule has 0 radical (unpaired) electrons. The molecule has 1 amide bonds. The summed E-state index contributed by atoms with van der Waals surface area (Å²) in [6, 6.07) is 6.33. The van der Waals surface area contributed by atoms with Crippen molar-refractivity contribution < 1.29 is 14.1 Å². The van der Waals surface area contributed by atoms with E-state index in [0.29, 0.717) is 18.5 Å². The van der Waals surface area contributed by atoms with Gasteiger partial charge < -0.3 is 14.6 Å². The van der Waals surface area contributed by atoms with Crippen LogP contribution in [0.15, 0.2) is 34.3 Å². The van der Waals surface area contributed by atoms with Crippen LogP contribution in [0.2, 0.25) is 0 Å². The highest BCUT2D eigenvalue weighted by Crippen LogP contribution is 2.35. The quantitative estimate of drug-likeness (QED) is 0.898. The molecule has 1 aliphatic carbocycles. The molecule has 0 spiro atoms. The van der Waals surface area contributed by atoms with Gasteiger partial charge >= 0.3 is 0 Å². The number of ether oxygens (including phenoxy) is 1. The van der Waals surface area contributed by atoms with Gasteiger partial charge in [0.2, 0.25) is 5.76 Å². The third-order valence-corrected chi connectivity index (χ3v) is 5.82. The molecular weight excluding hydrogens is 326 g/mol. The number of nitrogens with zero attached hydrogens (tertiary/aromatic N) is 2. The van der Waals surface area contributed by atoms with Crippen LogP contribution in [0.1, 0.15) is 28.3 Å². The number of hydrogen-bond donors (Lipinski definition) is 1. The number of hydrogen-bond acceptors (Lipinski definition) is 6. The van der Waals surface area contributed by atoms with Gasteiger partial charge in [0.15, 0.2) is 0 Å². The first-order valence-electron chi connectivity index (χ1n) is 8.38. The smallest absolute Gasteiger partial charge is 0.289 e. The molecule has 3 atom stereocenters. The van der Waals surface area contributed by atoms with E-state index in [1.807, 2.05) is 11.3 Å². The minimum atomic E-state index is -0.206. The average Bonchev–Trinajstić information content (AvgIpc) is 3.34. The Hall–Kier alpha value is -1.70. The van der Waals surface area contributed by atoms with Crippen molar-refractivity contribution in [2.24, 2.45) is 5.92 Å². The van der Waals surface area contributed by atoms with Gasteiger partial charge in [-0.1, -0.05) is 11.2 Å². The van der Waals surface area contributed by atoms with Crippen LogP contribution >= 0.6 is 11.3 Å². The number of aromatic nitrogens is 1. The summed E-state index contributed by atoms with van der Waals surface area (Å²) in [5, 5.41) is 8.65. The zero-order chi connectivity index (χ0) is 16.4. The lowest BCUT2D eigenvalue weighted by Gasteiger charge is -2.39. The molecule has 1 saturated carbocycles. The fourth-order valence-electron chi connectivity index (χ4n) is 3.80. The summed E-state index contributed by atoms with van der Waals surface area (Å²) >= 11 is 1.81. The van der Waals surface area contributed by atoms with Crippen LogP contribution in [-0.4, -0.2) is 47.8 Å². The van der Waals surface area contributed by atoms with E-state index in [0.717, 1.165) is 32.5 Å². The third kappa shape index (κ3) is 3.24. The number of nitrogens with one attached hydrogen (secondary N) is 1. The second kappa shape index (κ2) is 7.04. The fourth-order valence-corrected chi connectivity index (χ4v) is 4.53. The molecule has 2 fully saturated rings. The molecule has 4 rings (SSSR count). The molecule has 128 valence electrons. The second-order valence-corrected chi connectivity index (χ2v) is 7.41. The van der Waals surface area contributed by atoms with Crippen molar-refractivity contribution in [1.82, 2.24) is 15.4 Å². The van der Waals surface area contributed by atoms with Gasteiger partial charge in [-0.25, -0.2) is 0 Å². The highest BCUT2D eigenvalue weighted by molar-refractivity contribution is 7.09. The molecule has 24 heavy (non-hydrogen) atoms. The fraction of sp³-hybridized carbons (Fsp3) is 0.529. The van der Waals surface area contributed by atoms with Crippen molar-refractivity contribution >= 4 is 17.2 Å². The Labute approximate surface area is 144 Å². The molecule has 1 aliphatic heterocycles. The Balaban J connectivity index is 1.35. The van der Waals surface area contributed by atoms with Crippen LogP contribution in [0.4, 0.5) is 0 Å². The molecule has 7 heteroatoms. The van der Waals surface area contributed by atoms with Crippen LogP contribution in [0.25, 0.3) is 0 Å². The predicted molar refractivity (Wildman–Crippen MR) is 89.8 cm³/mol. The molecule has 3 heterocycles. The van der Waals surface area contributed by atoms with Gasteiger partial charge in [0.1, 0.15) is 0 Å². The normalized spacial score (nSPS) is 27.1. The number of carbonyl (C=O) groups excluding carboxylic acids is 1. The molecule has 0 bridgehead atoms. The van der Waals surface area contributed by atoms with E-state index in [4.69, 9.17) is 9.26 Å². The summed E-state index contributed by atoms with van der Waals surface area (Å²) in [6.07, 6.45) is 3.88.